The van der Waals surface area contributed by atoms with Crippen molar-refractivity contribution in [1.29, 1.82) is 0 Å². The van der Waals surface area contributed by atoms with Crippen LogP contribution in [0.4, 0.5) is 5.69 Å². The monoisotopic (exact) mass is 193 g/mol. The van der Waals surface area contributed by atoms with Crippen LogP contribution in [0.15, 0.2) is 18.2 Å². The number of aliphatic hydroxyl groups excluding tert-OH is 1. The van der Waals surface area contributed by atoms with Crippen LogP contribution in [0.5, 0.6) is 0 Å². The molecular weight excluding hydrogens is 178 g/mol. The molecular formula is C11H15NO2. The molecule has 0 aliphatic carbocycles. The first-order valence-electron chi connectivity index (χ1n) is 4.85. The fraction of sp³-hybridized carbons (Fsp3) is 0.455. The third kappa shape index (κ3) is 1.61. The maximum absolute atomic E-state index is 9.82. The van der Waals surface area contributed by atoms with Crippen molar-refractivity contribution in [2.45, 2.75) is 12.5 Å². The molecule has 3 heteroatoms. The molecule has 2 N–H and O–H groups in total. The van der Waals surface area contributed by atoms with E-state index in [-0.39, 0.29) is 0 Å². The van der Waals surface area contributed by atoms with E-state index in [0.717, 1.165) is 24.2 Å². The van der Waals surface area contributed by atoms with Gasteiger partial charge in [0, 0.05) is 24.9 Å². The molecule has 14 heavy (non-hydrogen) atoms. The van der Waals surface area contributed by atoms with Crippen molar-refractivity contribution in [2.75, 3.05) is 25.6 Å². The molecule has 0 amide bonds. The first-order valence-corrected chi connectivity index (χ1v) is 4.85. The zero-order valence-electron chi connectivity index (χ0n) is 8.29. The Morgan fingerprint density at radius 3 is 3.21 bits per heavy atom. The van der Waals surface area contributed by atoms with Gasteiger partial charge in [-0.25, -0.2) is 0 Å². The van der Waals surface area contributed by atoms with Crippen molar-refractivity contribution in [3.63, 3.8) is 0 Å². The van der Waals surface area contributed by atoms with Crippen LogP contribution in [0.3, 0.4) is 0 Å². The Morgan fingerprint density at radius 2 is 2.43 bits per heavy atom. The van der Waals surface area contributed by atoms with E-state index < -0.39 is 6.10 Å². The highest BCUT2D eigenvalue weighted by Gasteiger charge is 2.18. The van der Waals surface area contributed by atoms with Gasteiger partial charge in [0.1, 0.15) is 6.10 Å². The molecule has 1 unspecified atom stereocenters. The number of methoxy groups -OCH3 is 1. The second-order valence-corrected chi connectivity index (χ2v) is 3.53. The van der Waals surface area contributed by atoms with Crippen molar-refractivity contribution in [3.05, 3.63) is 29.3 Å². The number of anilines is 1. The predicted molar refractivity (Wildman–Crippen MR) is 55.5 cm³/mol. The van der Waals surface area contributed by atoms with Crippen LogP contribution in [-0.4, -0.2) is 25.4 Å². The molecule has 76 valence electrons. The molecule has 1 atom stereocenters. The van der Waals surface area contributed by atoms with Gasteiger partial charge in [0.05, 0.1) is 6.61 Å². The highest BCUT2D eigenvalue weighted by molar-refractivity contribution is 5.61. The molecule has 3 nitrogen and oxygen atoms in total. The van der Waals surface area contributed by atoms with Gasteiger partial charge in [-0.05, 0) is 12.0 Å². The number of aliphatic hydroxyl groups is 1. The largest absolute Gasteiger partial charge is 0.386 e. The molecule has 0 aromatic heterocycles. The Bertz CT molecular complexity index is 325. The van der Waals surface area contributed by atoms with Gasteiger partial charge in [0.2, 0.25) is 0 Å². The molecule has 0 radical (unpaired) electrons. The predicted octanol–water partition coefficient (Wildman–Crippen LogP) is 1.33. The van der Waals surface area contributed by atoms with Crippen molar-refractivity contribution in [2.24, 2.45) is 0 Å². The van der Waals surface area contributed by atoms with Gasteiger partial charge in [-0.2, -0.15) is 0 Å². The summed E-state index contributed by atoms with van der Waals surface area (Å²) in [6.07, 6.45) is 0.517. The minimum Gasteiger partial charge on any atom is -0.386 e. The summed E-state index contributed by atoms with van der Waals surface area (Å²) in [4.78, 5) is 0. The van der Waals surface area contributed by atoms with Crippen molar-refractivity contribution in [1.82, 2.24) is 0 Å². The highest BCUT2D eigenvalue weighted by atomic mass is 16.5. The van der Waals surface area contributed by atoms with Crippen LogP contribution in [0.2, 0.25) is 0 Å². The number of hydrogen-bond acceptors (Lipinski definition) is 3. The SMILES string of the molecule is COCC(O)c1cccc2c1NCC2. The van der Waals surface area contributed by atoms with Gasteiger partial charge in [0.25, 0.3) is 0 Å². The Hall–Kier alpha value is -1.06. The molecule has 0 bridgehead atoms. The average molecular weight is 193 g/mol. The van der Waals surface area contributed by atoms with Gasteiger partial charge in [-0.15, -0.1) is 0 Å². The zero-order chi connectivity index (χ0) is 9.97. The Morgan fingerprint density at radius 1 is 1.57 bits per heavy atom. The summed E-state index contributed by atoms with van der Waals surface area (Å²) in [5.74, 6) is 0. The molecule has 1 aliphatic heterocycles. The van der Waals surface area contributed by atoms with E-state index in [1.807, 2.05) is 12.1 Å². The quantitative estimate of drug-likeness (QED) is 0.761. The maximum Gasteiger partial charge on any atom is 0.104 e. The smallest absolute Gasteiger partial charge is 0.104 e. The van der Waals surface area contributed by atoms with E-state index in [2.05, 4.69) is 11.4 Å². The molecule has 0 spiro atoms. The molecule has 0 fully saturated rings. The Balaban J connectivity index is 2.29. The Labute approximate surface area is 83.7 Å². The van der Waals surface area contributed by atoms with E-state index in [9.17, 15) is 5.11 Å². The molecule has 0 saturated carbocycles. The van der Waals surface area contributed by atoms with Crippen molar-refractivity contribution >= 4 is 5.69 Å². The molecule has 1 aliphatic rings. The number of hydrogen-bond donors (Lipinski definition) is 2. The number of ether oxygens (including phenoxy) is 1. The molecule has 1 aromatic carbocycles. The number of para-hydroxylation sites is 1. The van der Waals surface area contributed by atoms with E-state index >= 15 is 0 Å². The molecule has 0 saturated heterocycles. The lowest BCUT2D eigenvalue weighted by Gasteiger charge is -2.14. The van der Waals surface area contributed by atoms with Crippen molar-refractivity contribution < 1.29 is 9.84 Å². The molecule has 1 heterocycles. The second kappa shape index (κ2) is 3.98. The lowest BCUT2D eigenvalue weighted by Crippen LogP contribution is -2.07. The maximum atomic E-state index is 9.82. The lowest BCUT2D eigenvalue weighted by molar-refractivity contribution is 0.0648. The third-order valence-electron chi connectivity index (χ3n) is 2.56. The topological polar surface area (TPSA) is 41.5 Å². The first-order chi connectivity index (χ1) is 6.83. The minimum atomic E-state index is -0.527. The first kappa shape index (κ1) is 9.49. The van der Waals surface area contributed by atoms with E-state index in [1.165, 1.54) is 5.56 Å². The van der Waals surface area contributed by atoms with Gasteiger partial charge in [-0.3, -0.25) is 0 Å². The summed E-state index contributed by atoms with van der Waals surface area (Å²) in [5, 5.41) is 13.1. The van der Waals surface area contributed by atoms with E-state index in [0.29, 0.717) is 6.61 Å². The van der Waals surface area contributed by atoms with Gasteiger partial charge in [-0.1, -0.05) is 18.2 Å². The minimum absolute atomic E-state index is 0.345. The standard InChI is InChI=1S/C11H15NO2/c1-14-7-10(13)9-4-2-3-8-5-6-12-11(8)9/h2-4,10,12-13H,5-7H2,1H3. The lowest BCUT2D eigenvalue weighted by atomic mass is 10.0. The van der Waals surface area contributed by atoms with Crippen LogP contribution in [0.25, 0.3) is 0 Å². The van der Waals surface area contributed by atoms with Crippen LogP contribution >= 0.6 is 0 Å². The highest BCUT2D eigenvalue weighted by Crippen LogP contribution is 2.30. The normalized spacial score (nSPS) is 16.1. The summed E-state index contributed by atoms with van der Waals surface area (Å²) < 4.78 is 4.94. The summed E-state index contributed by atoms with van der Waals surface area (Å²) in [6, 6.07) is 6.03. The second-order valence-electron chi connectivity index (χ2n) is 3.53. The fourth-order valence-electron chi connectivity index (χ4n) is 1.89. The number of rotatable bonds is 3. The summed E-state index contributed by atoms with van der Waals surface area (Å²) in [5.41, 5.74) is 3.33. The van der Waals surface area contributed by atoms with E-state index in [4.69, 9.17) is 4.74 Å². The van der Waals surface area contributed by atoms with E-state index in [1.54, 1.807) is 7.11 Å². The summed E-state index contributed by atoms with van der Waals surface area (Å²) in [6.45, 7) is 1.31. The number of fused-ring (bicyclic) bond motifs is 1. The third-order valence-corrected chi connectivity index (χ3v) is 2.56. The van der Waals surface area contributed by atoms with Crippen LogP contribution in [0.1, 0.15) is 17.2 Å². The van der Waals surface area contributed by atoms with Crippen molar-refractivity contribution in [3.8, 4) is 0 Å². The van der Waals surface area contributed by atoms with Gasteiger partial charge >= 0.3 is 0 Å². The summed E-state index contributed by atoms with van der Waals surface area (Å²) >= 11 is 0. The fourth-order valence-corrected chi connectivity index (χ4v) is 1.89. The Kier molecular flexibility index (Phi) is 2.70. The molecule has 2 rings (SSSR count). The van der Waals surface area contributed by atoms with Crippen LogP contribution in [0, 0.1) is 0 Å². The number of benzene rings is 1. The molecule has 1 aromatic rings. The number of nitrogens with one attached hydrogen (secondary N) is 1. The average Bonchev–Trinajstić information content (AvgIpc) is 2.65. The van der Waals surface area contributed by atoms with Crippen LogP contribution < -0.4 is 5.32 Å². The zero-order valence-corrected chi connectivity index (χ0v) is 8.29. The van der Waals surface area contributed by atoms with Gasteiger partial charge < -0.3 is 15.2 Å². The summed E-state index contributed by atoms with van der Waals surface area (Å²) in [7, 11) is 1.60. The van der Waals surface area contributed by atoms with Gasteiger partial charge in [0.15, 0.2) is 0 Å². The van der Waals surface area contributed by atoms with Crippen LogP contribution in [-0.2, 0) is 11.2 Å².